The Labute approximate surface area is 139 Å². The van der Waals surface area contributed by atoms with Crippen LogP contribution in [0.15, 0.2) is 24.3 Å². The summed E-state index contributed by atoms with van der Waals surface area (Å²) in [6.45, 7) is 0.535. The SMILES string of the molecule is COC(=O)N[C@@H](CSC)[C@@H]1c2[nH]c3ccccc3c2CCN1O. The number of hydrogen-bond acceptors (Lipinski definition) is 5. The maximum Gasteiger partial charge on any atom is 0.407 e. The van der Waals surface area contributed by atoms with Crippen LogP contribution in [0.4, 0.5) is 4.79 Å². The van der Waals surface area contributed by atoms with E-state index >= 15 is 0 Å². The number of benzene rings is 1. The van der Waals surface area contributed by atoms with Crippen LogP contribution in [0.25, 0.3) is 10.9 Å². The van der Waals surface area contributed by atoms with Gasteiger partial charge in [0, 0.05) is 28.9 Å². The van der Waals surface area contributed by atoms with E-state index in [1.165, 1.54) is 23.1 Å². The predicted molar refractivity (Wildman–Crippen MR) is 90.9 cm³/mol. The summed E-state index contributed by atoms with van der Waals surface area (Å²) in [4.78, 5) is 15.1. The number of nitrogens with zero attached hydrogens (tertiary/aromatic N) is 1. The maximum absolute atomic E-state index is 11.7. The number of carbonyl (C=O) groups excluding carboxylic acids is 1. The maximum atomic E-state index is 11.7. The van der Waals surface area contributed by atoms with Crippen LogP contribution < -0.4 is 5.32 Å². The zero-order chi connectivity index (χ0) is 16.4. The number of alkyl carbamates (subject to hydrolysis) is 1. The molecule has 7 heteroatoms. The Morgan fingerprint density at radius 2 is 2.35 bits per heavy atom. The molecule has 3 rings (SSSR count). The fourth-order valence-corrected chi connectivity index (χ4v) is 3.89. The van der Waals surface area contributed by atoms with Crippen molar-refractivity contribution in [2.45, 2.75) is 18.5 Å². The number of aromatic nitrogens is 1. The monoisotopic (exact) mass is 335 g/mol. The molecule has 1 aromatic carbocycles. The van der Waals surface area contributed by atoms with Gasteiger partial charge in [-0.25, -0.2) is 4.79 Å². The minimum atomic E-state index is -0.485. The van der Waals surface area contributed by atoms with E-state index in [0.29, 0.717) is 12.3 Å². The molecule has 0 unspecified atom stereocenters. The van der Waals surface area contributed by atoms with Gasteiger partial charge in [-0.15, -0.1) is 0 Å². The number of nitrogens with one attached hydrogen (secondary N) is 2. The van der Waals surface area contributed by atoms with Crippen LogP contribution >= 0.6 is 11.8 Å². The summed E-state index contributed by atoms with van der Waals surface area (Å²) in [5, 5.41) is 15.8. The third-order valence-corrected chi connectivity index (χ3v) is 4.96. The number of para-hydroxylation sites is 1. The Hall–Kier alpha value is -1.70. The molecule has 2 atom stereocenters. The molecule has 1 amide bonds. The first-order valence-corrected chi connectivity index (χ1v) is 8.93. The molecule has 2 heterocycles. The second-order valence-corrected chi connectivity index (χ2v) is 6.53. The molecule has 23 heavy (non-hydrogen) atoms. The van der Waals surface area contributed by atoms with Gasteiger partial charge in [-0.2, -0.15) is 16.8 Å². The van der Waals surface area contributed by atoms with E-state index in [2.05, 4.69) is 16.4 Å². The van der Waals surface area contributed by atoms with Crippen LogP contribution in [0.1, 0.15) is 17.3 Å². The Bertz CT molecular complexity index is 703. The molecular formula is C16H21N3O3S. The molecule has 6 nitrogen and oxygen atoms in total. The molecule has 0 radical (unpaired) electrons. The van der Waals surface area contributed by atoms with E-state index in [9.17, 15) is 10.0 Å². The minimum Gasteiger partial charge on any atom is -0.453 e. The first kappa shape index (κ1) is 16.2. The van der Waals surface area contributed by atoms with Crippen LogP contribution in [0.3, 0.4) is 0 Å². The largest absolute Gasteiger partial charge is 0.453 e. The second-order valence-electron chi connectivity index (χ2n) is 5.62. The number of hydrogen-bond donors (Lipinski definition) is 3. The number of ether oxygens (including phenoxy) is 1. The quantitative estimate of drug-likeness (QED) is 0.800. The lowest BCUT2D eigenvalue weighted by Crippen LogP contribution is -2.49. The molecule has 0 spiro atoms. The van der Waals surface area contributed by atoms with Crippen LogP contribution in [0, 0.1) is 0 Å². The highest BCUT2D eigenvalue weighted by atomic mass is 32.2. The van der Waals surface area contributed by atoms with Gasteiger partial charge < -0.3 is 20.2 Å². The third kappa shape index (κ3) is 3.04. The topological polar surface area (TPSA) is 77.6 Å². The summed E-state index contributed by atoms with van der Waals surface area (Å²) < 4.78 is 4.73. The lowest BCUT2D eigenvalue weighted by molar-refractivity contribution is -0.140. The molecular weight excluding hydrogens is 314 g/mol. The van der Waals surface area contributed by atoms with E-state index in [-0.39, 0.29) is 12.1 Å². The Kier molecular flexibility index (Phi) is 4.79. The highest BCUT2D eigenvalue weighted by molar-refractivity contribution is 7.98. The van der Waals surface area contributed by atoms with Gasteiger partial charge in [0.15, 0.2) is 0 Å². The number of thioether (sulfide) groups is 1. The fraction of sp³-hybridized carbons (Fsp3) is 0.438. The number of aromatic amines is 1. The van der Waals surface area contributed by atoms with Gasteiger partial charge in [0.25, 0.3) is 0 Å². The molecule has 0 aliphatic carbocycles. The highest BCUT2D eigenvalue weighted by Gasteiger charge is 2.36. The summed E-state index contributed by atoms with van der Waals surface area (Å²) in [6.07, 6.45) is 2.26. The van der Waals surface area contributed by atoms with E-state index < -0.39 is 6.09 Å². The summed E-state index contributed by atoms with van der Waals surface area (Å²) in [7, 11) is 1.34. The van der Waals surface area contributed by atoms with Crippen molar-refractivity contribution in [3.05, 3.63) is 35.5 Å². The zero-order valence-electron chi connectivity index (χ0n) is 13.2. The number of rotatable bonds is 4. The molecule has 3 N–H and O–H groups in total. The molecule has 0 fully saturated rings. The average Bonchev–Trinajstić information content (AvgIpc) is 2.92. The van der Waals surface area contributed by atoms with Crippen molar-refractivity contribution >= 4 is 28.8 Å². The summed E-state index contributed by atoms with van der Waals surface area (Å²) in [5.74, 6) is 0.672. The number of amides is 1. The Balaban J connectivity index is 2.02. The summed E-state index contributed by atoms with van der Waals surface area (Å²) in [5.41, 5.74) is 3.24. The van der Waals surface area contributed by atoms with Gasteiger partial charge in [-0.05, 0) is 24.3 Å². The number of hydroxylamine groups is 2. The third-order valence-electron chi connectivity index (χ3n) is 4.27. The second kappa shape index (κ2) is 6.82. The molecule has 0 bridgehead atoms. The van der Waals surface area contributed by atoms with Crippen molar-refractivity contribution < 1.29 is 14.7 Å². The van der Waals surface area contributed by atoms with Crippen molar-refractivity contribution in [1.29, 1.82) is 0 Å². The van der Waals surface area contributed by atoms with Crippen LogP contribution in [-0.4, -0.2) is 53.1 Å². The van der Waals surface area contributed by atoms with Crippen LogP contribution in [0.5, 0.6) is 0 Å². The molecule has 0 saturated heterocycles. The molecule has 124 valence electrons. The highest BCUT2D eigenvalue weighted by Crippen LogP contribution is 2.36. The van der Waals surface area contributed by atoms with Gasteiger partial charge in [0.1, 0.15) is 0 Å². The van der Waals surface area contributed by atoms with E-state index in [1.54, 1.807) is 11.8 Å². The van der Waals surface area contributed by atoms with E-state index in [4.69, 9.17) is 4.74 Å². The standard InChI is InChI=1S/C16H21N3O3S/c1-22-16(20)18-13(9-23-2)15-14-11(7-8-19(15)21)10-5-3-4-6-12(10)17-14/h3-6,13,15,17,21H,7-9H2,1-2H3,(H,18,20)/t13-,15+/m0/s1. The van der Waals surface area contributed by atoms with Crippen LogP contribution in [0.2, 0.25) is 0 Å². The number of methoxy groups -OCH3 is 1. The fourth-order valence-electron chi connectivity index (χ4n) is 3.27. The van der Waals surface area contributed by atoms with E-state index in [0.717, 1.165) is 17.6 Å². The Morgan fingerprint density at radius 3 is 3.09 bits per heavy atom. The van der Waals surface area contributed by atoms with Gasteiger partial charge in [0.2, 0.25) is 0 Å². The van der Waals surface area contributed by atoms with Gasteiger partial charge in [-0.3, -0.25) is 0 Å². The van der Waals surface area contributed by atoms with Crippen molar-refractivity contribution in [1.82, 2.24) is 15.4 Å². The average molecular weight is 335 g/mol. The van der Waals surface area contributed by atoms with Gasteiger partial charge in [-0.1, -0.05) is 18.2 Å². The van der Waals surface area contributed by atoms with Crippen molar-refractivity contribution in [3.8, 4) is 0 Å². The predicted octanol–water partition coefficient (Wildman–Crippen LogP) is 2.54. The molecule has 0 saturated carbocycles. The summed E-state index contributed by atoms with van der Waals surface area (Å²) >= 11 is 1.62. The lowest BCUT2D eigenvalue weighted by Gasteiger charge is -2.36. The summed E-state index contributed by atoms with van der Waals surface area (Å²) in [6, 6.07) is 7.55. The molecule has 1 aliphatic rings. The molecule has 1 aliphatic heterocycles. The van der Waals surface area contributed by atoms with E-state index in [1.807, 2.05) is 24.5 Å². The van der Waals surface area contributed by atoms with Crippen LogP contribution in [-0.2, 0) is 11.2 Å². The zero-order valence-corrected chi connectivity index (χ0v) is 14.0. The number of carbonyl (C=O) groups is 1. The van der Waals surface area contributed by atoms with Crippen molar-refractivity contribution in [2.24, 2.45) is 0 Å². The lowest BCUT2D eigenvalue weighted by atomic mass is 9.95. The normalized spacial score (nSPS) is 19.3. The molecule has 1 aromatic heterocycles. The van der Waals surface area contributed by atoms with Crippen molar-refractivity contribution in [2.75, 3.05) is 25.7 Å². The number of H-pyrrole nitrogens is 1. The van der Waals surface area contributed by atoms with Crippen molar-refractivity contribution in [3.63, 3.8) is 0 Å². The van der Waals surface area contributed by atoms with Gasteiger partial charge in [0.05, 0.1) is 19.2 Å². The first-order chi connectivity index (χ1) is 11.2. The van der Waals surface area contributed by atoms with Gasteiger partial charge >= 0.3 is 6.09 Å². The smallest absolute Gasteiger partial charge is 0.407 e. The Morgan fingerprint density at radius 1 is 1.57 bits per heavy atom. The number of fused-ring (bicyclic) bond motifs is 3. The first-order valence-electron chi connectivity index (χ1n) is 7.54. The minimum absolute atomic E-state index is 0.255. The molecule has 2 aromatic rings.